The Morgan fingerprint density at radius 2 is 2.17 bits per heavy atom. The number of carbonyl (C=O) groups excluding carboxylic acids is 1. The number of hydrogen-bond acceptors (Lipinski definition) is 6. The highest BCUT2D eigenvalue weighted by atomic mass is 16.5. The first-order chi connectivity index (χ1) is 14.5. The zero-order chi connectivity index (χ0) is 21.7. The highest BCUT2D eigenvalue weighted by Crippen LogP contribution is 2.33. The van der Waals surface area contributed by atoms with E-state index in [0.29, 0.717) is 35.2 Å². The van der Waals surface area contributed by atoms with Gasteiger partial charge >= 0.3 is 6.03 Å². The van der Waals surface area contributed by atoms with Crippen molar-refractivity contribution < 1.29 is 14.3 Å². The molecule has 0 spiro atoms. The van der Waals surface area contributed by atoms with Crippen LogP contribution in [0.3, 0.4) is 0 Å². The largest absolute Gasteiger partial charge is 0.494 e. The average molecular weight is 408 g/mol. The maximum Gasteiger partial charge on any atom is 0.318 e. The summed E-state index contributed by atoms with van der Waals surface area (Å²) in [5.74, 6) is 3.36. The highest BCUT2D eigenvalue weighted by Gasteiger charge is 2.23. The molecule has 0 fully saturated rings. The predicted octanol–water partition coefficient (Wildman–Crippen LogP) is 2.53. The number of pyridine rings is 1. The molecule has 3 aromatic rings. The molecule has 9 nitrogen and oxygen atoms in total. The van der Waals surface area contributed by atoms with Gasteiger partial charge in [0, 0.05) is 30.7 Å². The van der Waals surface area contributed by atoms with Gasteiger partial charge < -0.3 is 24.1 Å². The molecular weight excluding hydrogens is 384 g/mol. The van der Waals surface area contributed by atoms with Gasteiger partial charge in [-0.25, -0.2) is 14.8 Å². The lowest BCUT2D eigenvalue weighted by Gasteiger charge is -2.28. The van der Waals surface area contributed by atoms with Gasteiger partial charge in [0.05, 0.1) is 44.4 Å². The SMILES string of the molecule is C#CCNC(=O)N(CC)[C@H](C)c1cc(-c2cn3ccnc3c(OC)n2)c(OC)cn1. The molecule has 30 heavy (non-hydrogen) atoms. The number of carbonyl (C=O) groups is 1. The first-order valence-electron chi connectivity index (χ1n) is 9.43. The molecular formula is C21H24N6O3. The van der Waals surface area contributed by atoms with Crippen LogP contribution in [0.2, 0.25) is 0 Å². The number of rotatable bonds is 7. The fourth-order valence-electron chi connectivity index (χ4n) is 3.20. The summed E-state index contributed by atoms with van der Waals surface area (Å²) >= 11 is 0. The summed E-state index contributed by atoms with van der Waals surface area (Å²) in [7, 11) is 3.12. The van der Waals surface area contributed by atoms with Crippen LogP contribution in [0.4, 0.5) is 4.79 Å². The van der Waals surface area contributed by atoms with Gasteiger partial charge in [0.25, 0.3) is 5.88 Å². The fraction of sp³-hybridized carbons (Fsp3) is 0.333. The molecule has 0 aliphatic heterocycles. The lowest BCUT2D eigenvalue weighted by atomic mass is 10.1. The molecule has 0 aliphatic carbocycles. The van der Waals surface area contributed by atoms with E-state index in [1.54, 1.807) is 31.5 Å². The number of urea groups is 1. The lowest BCUT2D eigenvalue weighted by molar-refractivity contribution is 0.183. The Hall–Kier alpha value is -3.80. The van der Waals surface area contributed by atoms with E-state index in [9.17, 15) is 4.79 Å². The average Bonchev–Trinajstić information content (AvgIpc) is 3.25. The Labute approximate surface area is 175 Å². The minimum Gasteiger partial charge on any atom is -0.494 e. The summed E-state index contributed by atoms with van der Waals surface area (Å²) in [4.78, 5) is 27.4. The number of amides is 2. The molecule has 3 heterocycles. The number of fused-ring (bicyclic) bond motifs is 1. The number of hydrogen-bond donors (Lipinski definition) is 1. The van der Waals surface area contributed by atoms with Crippen LogP contribution >= 0.6 is 0 Å². The van der Waals surface area contributed by atoms with E-state index < -0.39 is 0 Å². The van der Waals surface area contributed by atoms with Crippen molar-refractivity contribution in [3.05, 3.63) is 36.5 Å². The Morgan fingerprint density at radius 1 is 1.37 bits per heavy atom. The van der Waals surface area contributed by atoms with Crippen LogP contribution in [-0.4, -0.2) is 57.6 Å². The summed E-state index contributed by atoms with van der Waals surface area (Å²) in [6.07, 6.45) is 12.2. The number of ether oxygens (including phenoxy) is 2. The third kappa shape index (κ3) is 3.98. The minimum absolute atomic E-state index is 0.165. The van der Waals surface area contributed by atoms with Crippen LogP contribution in [0.15, 0.2) is 30.9 Å². The minimum atomic E-state index is -0.295. The van der Waals surface area contributed by atoms with Crippen LogP contribution in [0.5, 0.6) is 11.6 Å². The molecule has 0 saturated carbocycles. The summed E-state index contributed by atoms with van der Waals surface area (Å²) in [5.41, 5.74) is 2.66. The monoisotopic (exact) mass is 408 g/mol. The normalized spacial score (nSPS) is 11.6. The van der Waals surface area contributed by atoms with E-state index in [-0.39, 0.29) is 18.6 Å². The molecule has 0 saturated heterocycles. The van der Waals surface area contributed by atoms with Gasteiger partial charge in [-0.05, 0) is 19.9 Å². The van der Waals surface area contributed by atoms with Crippen molar-refractivity contribution in [2.75, 3.05) is 27.3 Å². The second kappa shape index (κ2) is 9.13. The summed E-state index contributed by atoms with van der Waals surface area (Å²) < 4.78 is 12.7. The Balaban J connectivity index is 2.04. The maximum absolute atomic E-state index is 12.5. The first kappa shape index (κ1) is 20.9. The van der Waals surface area contributed by atoms with Crippen molar-refractivity contribution in [2.24, 2.45) is 0 Å². The van der Waals surface area contributed by atoms with Crippen molar-refractivity contribution in [1.29, 1.82) is 0 Å². The Kier molecular flexibility index (Phi) is 6.37. The smallest absolute Gasteiger partial charge is 0.318 e. The molecule has 0 unspecified atom stereocenters. The van der Waals surface area contributed by atoms with Gasteiger partial charge in [-0.1, -0.05) is 5.92 Å². The Morgan fingerprint density at radius 3 is 2.83 bits per heavy atom. The summed E-state index contributed by atoms with van der Waals surface area (Å²) in [6.45, 7) is 4.46. The van der Waals surface area contributed by atoms with Gasteiger partial charge in [-0.3, -0.25) is 4.98 Å². The molecule has 0 radical (unpaired) electrons. The van der Waals surface area contributed by atoms with Gasteiger partial charge in [0.1, 0.15) is 5.75 Å². The number of aromatic nitrogens is 4. The molecule has 9 heteroatoms. The van der Waals surface area contributed by atoms with Crippen LogP contribution in [0.25, 0.3) is 16.9 Å². The Bertz CT molecular complexity index is 1090. The van der Waals surface area contributed by atoms with Crippen LogP contribution in [0, 0.1) is 12.3 Å². The van der Waals surface area contributed by atoms with E-state index in [2.05, 4.69) is 26.2 Å². The summed E-state index contributed by atoms with van der Waals surface area (Å²) in [6, 6.07) is 1.32. The first-order valence-corrected chi connectivity index (χ1v) is 9.43. The van der Waals surface area contributed by atoms with E-state index in [1.807, 2.05) is 36.7 Å². The maximum atomic E-state index is 12.5. The predicted molar refractivity (Wildman–Crippen MR) is 112 cm³/mol. The topological polar surface area (TPSA) is 93.9 Å². The highest BCUT2D eigenvalue weighted by molar-refractivity contribution is 5.75. The molecule has 1 atom stereocenters. The molecule has 0 aliphatic rings. The molecule has 0 aromatic carbocycles. The quantitative estimate of drug-likeness (QED) is 0.604. The molecule has 1 N–H and O–H groups in total. The zero-order valence-electron chi connectivity index (χ0n) is 17.4. The van der Waals surface area contributed by atoms with E-state index in [4.69, 9.17) is 15.9 Å². The van der Waals surface area contributed by atoms with Crippen LogP contribution < -0.4 is 14.8 Å². The third-order valence-corrected chi connectivity index (χ3v) is 4.76. The number of terminal acetylenes is 1. The van der Waals surface area contributed by atoms with E-state index in [0.717, 1.165) is 5.56 Å². The molecule has 3 rings (SSSR count). The van der Waals surface area contributed by atoms with E-state index >= 15 is 0 Å². The van der Waals surface area contributed by atoms with Crippen molar-refractivity contribution in [1.82, 2.24) is 29.6 Å². The van der Waals surface area contributed by atoms with Crippen LogP contribution in [0.1, 0.15) is 25.6 Å². The van der Waals surface area contributed by atoms with Gasteiger partial charge in [-0.2, -0.15) is 0 Å². The van der Waals surface area contributed by atoms with Crippen molar-refractivity contribution in [3.63, 3.8) is 0 Å². The van der Waals surface area contributed by atoms with Crippen LogP contribution in [-0.2, 0) is 0 Å². The lowest BCUT2D eigenvalue weighted by Crippen LogP contribution is -2.41. The van der Waals surface area contributed by atoms with Gasteiger partial charge in [-0.15, -0.1) is 6.42 Å². The molecule has 2 amide bonds. The zero-order valence-corrected chi connectivity index (χ0v) is 17.4. The number of methoxy groups -OCH3 is 2. The molecule has 0 bridgehead atoms. The summed E-state index contributed by atoms with van der Waals surface area (Å²) in [5, 5.41) is 2.69. The standard InChI is InChI=1S/C21H24N6O3/c1-6-8-23-21(28)27(7-2)14(3)16-11-15(18(29-4)12-24-16)17-13-26-10-9-22-19(26)20(25-17)30-5/h1,9-14H,7-8H2,2-5H3,(H,23,28)/t14-/m1/s1. The van der Waals surface area contributed by atoms with Gasteiger partial charge in [0.15, 0.2) is 5.65 Å². The van der Waals surface area contributed by atoms with Crippen molar-refractivity contribution >= 4 is 11.7 Å². The number of nitrogens with zero attached hydrogens (tertiary/aromatic N) is 5. The second-order valence-electron chi connectivity index (χ2n) is 6.43. The fourth-order valence-corrected chi connectivity index (χ4v) is 3.20. The van der Waals surface area contributed by atoms with Gasteiger partial charge in [0.2, 0.25) is 0 Å². The number of nitrogens with one attached hydrogen (secondary N) is 1. The number of imidazole rings is 1. The molecule has 156 valence electrons. The van der Waals surface area contributed by atoms with Crippen molar-refractivity contribution in [2.45, 2.75) is 19.9 Å². The second-order valence-corrected chi connectivity index (χ2v) is 6.43. The van der Waals surface area contributed by atoms with E-state index in [1.165, 1.54) is 0 Å². The molecule has 3 aromatic heterocycles. The van der Waals surface area contributed by atoms with Crippen molar-refractivity contribution in [3.8, 4) is 35.2 Å². The third-order valence-electron chi connectivity index (χ3n) is 4.76.